The Kier molecular flexibility index (Phi) is 5.83. The summed E-state index contributed by atoms with van der Waals surface area (Å²) in [5.41, 5.74) is 1.64. The third-order valence-corrected chi connectivity index (χ3v) is 4.47. The van der Waals surface area contributed by atoms with Crippen LogP contribution in [-0.2, 0) is 11.4 Å². The number of hydrogen-bond donors (Lipinski definition) is 1. The van der Waals surface area contributed by atoms with Crippen molar-refractivity contribution in [3.63, 3.8) is 0 Å². The number of Topliss-reactive ketones (excluding diaryl/α,β-unsaturated/α-hetero) is 1. The molecule has 1 amide bonds. The van der Waals surface area contributed by atoms with Crippen molar-refractivity contribution in [1.82, 2.24) is 5.32 Å². The van der Waals surface area contributed by atoms with Crippen LogP contribution in [0.4, 0.5) is 0 Å². The van der Waals surface area contributed by atoms with Crippen LogP contribution in [0.2, 0.25) is 0 Å². The summed E-state index contributed by atoms with van der Waals surface area (Å²) < 4.78 is 5.72. The van der Waals surface area contributed by atoms with Gasteiger partial charge in [0, 0.05) is 12.0 Å². The Morgan fingerprint density at radius 1 is 1.00 bits per heavy atom. The summed E-state index contributed by atoms with van der Waals surface area (Å²) in [6.45, 7) is 0.489. The van der Waals surface area contributed by atoms with E-state index in [1.54, 1.807) is 24.3 Å². The summed E-state index contributed by atoms with van der Waals surface area (Å²) in [5.74, 6) is 0.662. The third kappa shape index (κ3) is 4.92. The molecule has 2 aromatic carbocycles. The van der Waals surface area contributed by atoms with Gasteiger partial charge >= 0.3 is 0 Å². The van der Waals surface area contributed by atoms with Gasteiger partial charge in [0.05, 0.1) is 6.04 Å². The number of carbonyl (C=O) groups excluding carboxylic acids is 2. The summed E-state index contributed by atoms with van der Waals surface area (Å²) in [6.07, 6.45) is 4.28. The van der Waals surface area contributed by atoms with Gasteiger partial charge in [-0.3, -0.25) is 9.59 Å². The van der Waals surface area contributed by atoms with Crippen molar-refractivity contribution in [1.29, 1.82) is 0 Å². The van der Waals surface area contributed by atoms with E-state index in [0.29, 0.717) is 24.3 Å². The summed E-state index contributed by atoms with van der Waals surface area (Å²) >= 11 is 0. The number of rotatable bonds is 5. The average Bonchev–Trinajstić information content (AvgIpc) is 2.86. The Balaban J connectivity index is 1.55. The molecule has 4 nitrogen and oxygen atoms in total. The van der Waals surface area contributed by atoms with Gasteiger partial charge in [-0.1, -0.05) is 43.2 Å². The van der Waals surface area contributed by atoms with Crippen LogP contribution >= 0.6 is 0 Å². The van der Waals surface area contributed by atoms with Crippen LogP contribution in [-0.4, -0.2) is 17.7 Å². The molecule has 0 aromatic heterocycles. The minimum atomic E-state index is -0.344. The lowest BCUT2D eigenvalue weighted by molar-refractivity contribution is -0.120. The van der Waals surface area contributed by atoms with Gasteiger partial charge in [0.1, 0.15) is 12.4 Å². The fraction of sp³-hybridized carbons (Fsp3) is 0.333. The van der Waals surface area contributed by atoms with Crippen LogP contribution in [0.3, 0.4) is 0 Å². The number of nitrogens with one attached hydrogen (secondary N) is 1. The standard InChI is InChI=1S/C21H23NO3/c23-20-10-6-2-5-9-19(20)22-21(24)17-11-13-18(14-12-17)25-15-16-7-3-1-4-8-16/h1,3-4,7-8,11-14,19H,2,5-6,9-10,15H2,(H,22,24). The first kappa shape index (κ1) is 17.2. The first-order chi connectivity index (χ1) is 12.2. The topological polar surface area (TPSA) is 55.4 Å². The maximum absolute atomic E-state index is 12.4. The fourth-order valence-electron chi connectivity index (χ4n) is 3.00. The van der Waals surface area contributed by atoms with Gasteiger partial charge in [-0.25, -0.2) is 0 Å². The summed E-state index contributed by atoms with van der Waals surface area (Å²) in [6, 6.07) is 16.6. The predicted octanol–water partition coefficient (Wildman–Crippen LogP) is 3.90. The van der Waals surface area contributed by atoms with E-state index in [-0.39, 0.29) is 17.7 Å². The molecule has 1 saturated carbocycles. The Labute approximate surface area is 148 Å². The van der Waals surface area contributed by atoms with Crippen molar-refractivity contribution in [2.45, 2.75) is 44.8 Å². The molecule has 1 unspecified atom stereocenters. The lowest BCUT2D eigenvalue weighted by Gasteiger charge is -2.15. The lowest BCUT2D eigenvalue weighted by Crippen LogP contribution is -2.40. The highest BCUT2D eigenvalue weighted by molar-refractivity contribution is 5.98. The number of benzene rings is 2. The highest BCUT2D eigenvalue weighted by atomic mass is 16.5. The number of ether oxygens (including phenoxy) is 1. The molecule has 3 rings (SSSR count). The second-order valence-corrected chi connectivity index (χ2v) is 6.39. The molecule has 1 aliphatic rings. The minimum absolute atomic E-state index is 0.147. The Morgan fingerprint density at radius 2 is 1.76 bits per heavy atom. The zero-order chi connectivity index (χ0) is 17.5. The maximum Gasteiger partial charge on any atom is 0.251 e. The van der Waals surface area contributed by atoms with Gasteiger partial charge in [-0.05, 0) is 42.7 Å². The summed E-state index contributed by atoms with van der Waals surface area (Å²) in [7, 11) is 0. The number of amides is 1. The van der Waals surface area contributed by atoms with Crippen molar-refractivity contribution in [2.75, 3.05) is 0 Å². The van der Waals surface area contributed by atoms with Crippen LogP contribution < -0.4 is 10.1 Å². The van der Waals surface area contributed by atoms with Crippen LogP contribution in [0.15, 0.2) is 54.6 Å². The lowest BCUT2D eigenvalue weighted by atomic mass is 10.1. The minimum Gasteiger partial charge on any atom is -0.489 e. The van der Waals surface area contributed by atoms with Gasteiger partial charge in [0.15, 0.2) is 5.78 Å². The molecular formula is C21H23NO3. The average molecular weight is 337 g/mol. The molecule has 0 bridgehead atoms. The van der Waals surface area contributed by atoms with Crippen molar-refractivity contribution in [3.05, 3.63) is 65.7 Å². The number of hydrogen-bond acceptors (Lipinski definition) is 3. The molecule has 25 heavy (non-hydrogen) atoms. The van der Waals surface area contributed by atoms with E-state index in [2.05, 4.69) is 5.32 Å². The molecule has 1 aliphatic carbocycles. The first-order valence-electron chi connectivity index (χ1n) is 8.83. The molecule has 4 heteroatoms. The highest BCUT2D eigenvalue weighted by Gasteiger charge is 2.22. The molecule has 1 fully saturated rings. The maximum atomic E-state index is 12.4. The van der Waals surface area contributed by atoms with Crippen molar-refractivity contribution in [2.24, 2.45) is 0 Å². The van der Waals surface area contributed by atoms with Gasteiger partial charge < -0.3 is 10.1 Å². The van der Waals surface area contributed by atoms with E-state index < -0.39 is 0 Å². The van der Waals surface area contributed by atoms with Crippen LogP contribution in [0.1, 0.15) is 48.0 Å². The molecule has 0 spiro atoms. The smallest absolute Gasteiger partial charge is 0.251 e. The van der Waals surface area contributed by atoms with E-state index in [0.717, 1.165) is 31.2 Å². The number of carbonyl (C=O) groups is 2. The molecule has 0 aliphatic heterocycles. The Bertz CT molecular complexity index is 710. The molecule has 2 aromatic rings. The summed E-state index contributed by atoms with van der Waals surface area (Å²) in [4.78, 5) is 24.4. The van der Waals surface area contributed by atoms with E-state index in [9.17, 15) is 9.59 Å². The Morgan fingerprint density at radius 3 is 2.52 bits per heavy atom. The molecule has 0 saturated heterocycles. The molecular weight excluding hydrogens is 314 g/mol. The number of ketones is 1. The van der Waals surface area contributed by atoms with Crippen LogP contribution in [0, 0.1) is 0 Å². The van der Waals surface area contributed by atoms with Crippen molar-refractivity contribution < 1.29 is 14.3 Å². The van der Waals surface area contributed by atoms with Gasteiger partial charge in [-0.15, -0.1) is 0 Å². The van der Waals surface area contributed by atoms with Crippen molar-refractivity contribution >= 4 is 11.7 Å². The first-order valence-corrected chi connectivity index (χ1v) is 8.83. The van der Waals surface area contributed by atoms with Gasteiger partial charge in [0.2, 0.25) is 0 Å². The second kappa shape index (κ2) is 8.47. The molecule has 0 heterocycles. The Hall–Kier alpha value is -2.62. The zero-order valence-corrected chi connectivity index (χ0v) is 14.2. The van der Waals surface area contributed by atoms with E-state index in [4.69, 9.17) is 4.74 Å². The highest BCUT2D eigenvalue weighted by Crippen LogP contribution is 2.17. The largest absolute Gasteiger partial charge is 0.489 e. The SMILES string of the molecule is O=C(NC1CCCCCC1=O)c1ccc(OCc2ccccc2)cc1. The van der Waals surface area contributed by atoms with Gasteiger partial charge in [0.25, 0.3) is 5.91 Å². The predicted molar refractivity (Wildman–Crippen MR) is 96.6 cm³/mol. The van der Waals surface area contributed by atoms with Gasteiger partial charge in [-0.2, -0.15) is 0 Å². The molecule has 0 radical (unpaired) electrons. The monoisotopic (exact) mass is 337 g/mol. The second-order valence-electron chi connectivity index (χ2n) is 6.39. The van der Waals surface area contributed by atoms with E-state index >= 15 is 0 Å². The van der Waals surface area contributed by atoms with Crippen LogP contribution in [0.5, 0.6) is 5.75 Å². The molecule has 130 valence electrons. The van der Waals surface area contributed by atoms with Crippen molar-refractivity contribution in [3.8, 4) is 5.75 Å². The van der Waals surface area contributed by atoms with E-state index in [1.807, 2.05) is 30.3 Å². The van der Waals surface area contributed by atoms with E-state index in [1.165, 1.54) is 0 Å². The third-order valence-electron chi connectivity index (χ3n) is 4.47. The molecule has 1 N–H and O–H groups in total. The van der Waals surface area contributed by atoms with Crippen LogP contribution in [0.25, 0.3) is 0 Å². The normalized spacial score (nSPS) is 17.6. The quantitative estimate of drug-likeness (QED) is 0.842. The summed E-state index contributed by atoms with van der Waals surface area (Å²) in [5, 5.41) is 2.87. The zero-order valence-electron chi connectivity index (χ0n) is 14.2. The fourth-order valence-corrected chi connectivity index (χ4v) is 3.00. The molecule has 1 atom stereocenters.